The number of likely N-dealkylation sites (N-methyl/N-ethyl adjacent to an activating group) is 1. The maximum Gasteiger partial charge on any atom is 0.472 e. The molecule has 0 aromatic carbocycles. The lowest BCUT2D eigenvalue weighted by atomic mass is 10.0. The normalized spacial score (nSPS) is 14.7. The van der Waals surface area contributed by atoms with Crippen molar-refractivity contribution in [2.75, 3.05) is 40.9 Å². The third kappa shape index (κ3) is 42.4. The Hall–Kier alpha value is -1.54. The fraction of sp³-hybridized carbons (Fsp3) is 0.812. The van der Waals surface area contributed by atoms with Crippen molar-refractivity contribution in [3.05, 3.63) is 48.6 Å². The Labute approximate surface area is 352 Å². The zero-order valence-electron chi connectivity index (χ0n) is 37.8. The fourth-order valence-electron chi connectivity index (χ4n) is 6.55. The maximum absolute atomic E-state index is 12.9. The number of aliphatic hydroxyl groups is 1. The van der Waals surface area contributed by atoms with Crippen molar-refractivity contribution in [3.63, 3.8) is 0 Å². The topological polar surface area (TPSA) is 105 Å². The van der Waals surface area contributed by atoms with Crippen LogP contribution >= 0.6 is 7.82 Å². The lowest BCUT2D eigenvalue weighted by Crippen LogP contribution is -2.45. The van der Waals surface area contributed by atoms with Crippen LogP contribution in [0.2, 0.25) is 0 Å². The van der Waals surface area contributed by atoms with Gasteiger partial charge in [0.05, 0.1) is 39.9 Å². The molecule has 9 heteroatoms. The first kappa shape index (κ1) is 55.5. The third-order valence-electron chi connectivity index (χ3n) is 10.3. The Morgan fingerprint density at radius 2 is 1.02 bits per heavy atom. The molecule has 8 nitrogen and oxygen atoms in total. The van der Waals surface area contributed by atoms with E-state index < -0.39 is 20.0 Å². The van der Waals surface area contributed by atoms with Gasteiger partial charge in [-0.1, -0.05) is 178 Å². The van der Waals surface area contributed by atoms with Crippen molar-refractivity contribution in [2.45, 2.75) is 212 Å². The van der Waals surface area contributed by atoms with Gasteiger partial charge in [0.1, 0.15) is 13.2 Å². The van der Waals surface area contributed by atoms with E-state index in [0.717, 1.165) is 51.4 Å². The van der Waals surface area contributed by atoms with Crippen molar-refractivity contribution in [2.24, 2.45) is 0 Å². The minimum atomic E-state index is -4.34. The van der Waals surface area contributed by atoms with Crippen molar-refractivity contribution >= 4 is 13.7 Å². The highest BCUT2D eigenvalue weighted by atomic mass is 31.2. The largest absolute Gasteiger partial charge is 0.472 e. The number of unbranched alkanes of at least 4 members (excludes halogenated alkanes) is 23. The van der Waals surface area contributed by atoms with Gasteiger partial charge in [-0.3, -0.25) is 13.8 Å². The Kier molecular flexibility index (Phi) is 38.8. The van der Waals surface area contributed by atoms with Crippen LogP contribution in [0.15, 0.2) is 48.6 Å². The highest BCUT2D eigenvalue weighted by Crippen LogP contribution is 2.43. The van der Waals surface area contributed by atoms with Crippen LogP contribution < -0.4 is 5.32 Å². The van der Waals surface area contributed by atoms with Gasteiger partial charge in [0, 0.05) is 6.42 Å². The van der Waals surface area contributed by atoms with E-state index in [9.17, 15) is 19.4 Å². The van der Waals surface area contributed by atoms with Crippen LogP contribution in [0.25, 0.3) is 0 Å². The van der Waals surface area contributed by atoms with Gasteiger partial charge in [0.25, 0.3) is 0 Å². The number of hydrogen-bond donors (Lipinski definition) is 3. The van der Waals surface area contributed by atoms with Crippen LogP contribution in [-0.2, 0) is 18.4 Å². The molecule has 0 aliphatic carbocycles. The second kappa shape index (κ2) is 39.9. The highest BCUT2D eigenvalue weighted by Gasteiger charge is 2.27. The number of nitrogens with one attached hydrogen (secondary N) is 1. The quantitative estimate of drug-likeness (QED) is 0.0245. The van der Waals surface area contributed by atoms with Crippen LogP contribution in [0.3, 0.4) is 0 Å². The van der Waals surface area contributed by atoms with Crippen molar-refractivity contribution in [3.8, 4) is 0 Å². The molecule has 0 radical (unpaired) electrons. The van der Waals surface area contributed by atoms with Gasteiger partial charge in [-0.25, -0.2) is 4.57 Å². The van der Waals surface area contributed by atoms with Crippen LogP contribution in [0.1, 0.15) is 200 Å². The number of carbonyl (C=O) groups excluding carboxylic acids is 1. The van der Waals surface area contributed by atoms with E-state index >= 15 is 0 Å². The van der Waals surface area contributed by atoms with E-state index in [1.807, 2.05) is 27.2 Å². The van der Waals surface area contributed by atoms with Gasteiger partial charge in [-0.05, 0) is 64.2 Å². The molecule has 3 N–H and O–H groups in total. The molecule has 0 aliphatic rings. The number of nitrogens with zero attached hydrogens (tertiary/aromatic N) is 1. The molecular weight excluding hydrogens is 732 g/mol. The zero-order chi connectivity index (χ0) is 42.1. The highest BCUT2D eigenvalue weighted by molar-refractivity contribution is 7.47. The molecule has 0 bridgehead atoms. The summed E-state index contributed by atoms with van der Waals surface area (Å²) in [5, 5.41) is 13.7. The summed E-state index contributed by atoms with van der Waals surface area (Å²) in [7, 11) is 1.54. The molecule has 334 valence electrons. The predicted molar refractivity (Wildman–Crippen MR) is 244 cm³/mol. The lowest BCUT2D eigenvalue weighted by molar-refractivity contribution is -0.870. The van der Waals surface area contributed by atoms with Gasteiger partial charge in [-0.15, -0.1) is 0 Å². The molecule has 0 rings (SSSR count). The molecule has 0 aliphatic heterocycles. The van der Waals surface area contributed by atoms with Crippen LogP contribution in [-0.4, -0.2) is 73.4 Å². The first-order valence-corrected chi connectivity index (χ1v) is 25.0. The van der Waals surface area contributed by atoms with Crippen LogP contribution in [0, 0.1) is 0 Å². The molecule has 1 amide bonds. The Bertz CT molecular complexity index is 1070. The Morgan fingerprint density at radius 1 is 0.596 bits per heavy atom. The summed E-state index contributed by atoms with van der Waals surface area (Å²) in [6, 6.07) is -0.867. The molecule has 0 saturated carbocycles. The van der Waals surface area contributed by atoms with Crippen molar-refractivity contribution < 1.29 is 32.9 Å². The summed E-state index contributed by atoms with van der Waals surface area (Å²) in [6.07, 6.45) is 50.7. The van der Waals surface area contributed by atoms with Gasteiger partial charge < -0.3 is 19.8 Å². The SMILES string of the molecule is CC/C=C/CC/C=C/CC/C=C/C(O)C(COP(=O)(O)OCC[N+](C)(C)C)NC(=O)CCCCCCCCCCCCCCC/C=C\CCCCCCCCCC. The Balaban J connectivity index is 4.18. The summed E-state index contributed by atoms with van der Waals surface area (Å²) >= 11 is 0. The summed E-state index contributed by atoms with van der Waals surface area (Å²) in [5.74, 6) is -0.194. The molecule has 0 heterocycles. The molecule has 0 saturated heterocycles. The first-order chi connectivity index (χ1) is 27.5. The second-order valence-electron chi connectivity index (χ2n) is 17.1. The minimum absolute atomic E-state index is 0.0527. The third-order valence-corrected chi connectivity index (χ3v) is 11.2. The van der Waals surface area contributed by atoms with E-state index in [-0.39, 0.29) is 19.1 Å². The van der Waals surface area contributed by atoms with Crippen molar-refractivity contribution in [1.82, 2.24) is 5.32 Å². The molecule has 0 aromatic heterocycles. The monoisotopic (exact) mass is 824 g/mol. The minimum Gasteiger partial charge on any atom is -0.387 e. The molecule has 0 fully saturated rings. The standard InChI is InChI=1S/C48H91N2O6P/c1-6-8-10-12-14-16-18-19-20-21-22-23-24-25-26-27-28-29-30-31-32-34-36-38-40-42-48(52)49-46(45-56-57(53,54)55-44-43-50(3,4)5)47(51)41-39-37-35-33-17-15-13-11-9-7-2/h9,11,17,21-22,33,39,41,46-47,51H,6-8,10,12-16,18-20,23-32,34-38,40,42-45H2,1-5H3,(H-,49,52,53,54)/p+1/b11-9+,22-21-,33-17+,41-39+. The first-order valence-electron chi connectivity index (χ1n) is 23.5. The van der Waals surface area contributed by atoms with Gasteiger partial charge in [0.2, 0.25) is 5.91 Å². The van der Waals surface area contributed by atoms with Gasteiger partial charge in [0.15, 0.2) is 0 Å². The average Bonchev–Trinajstić information content (AvgIpc) is 3.16. The van der Waals surface area contributed by atoms with E-state index in [0.29, 0.717) is 17.4 Å². The average molecular weight is 824 g/mol. The van der Waals surface area contributed by atoms with E-state index in [2.05, 4.69) is 55.6 Å². The molecule has 3 atom stereocenters. The number of hydrogen-bond acceptors (Lipinski definition) is 5. The summed E-state index contributed by atoms with van der Waals surface area (Å²) < 4.78 is 23.5. The van der Waals surface area contributed by atoms with Gasteiger partial charge >= 0.3 is 7.82 Å². The summed E-state index contributed by atoms with van der Waals surface area (Å²) in [6.45, 7) is 4.66. The molecular formula is C48H92N2O6P+. The number of amides is 1. The zero-order valence-corrected chi connectivity index (χ0v) is 38.7. The van der Waals surface area contributed by atoms with E-state index in [1.165, 1.54) is 128 Å². The summed E-state index contributed by atoms with van der Waals surface area (Å²) in [4.78, 5) is 23.1. The molecule has 3 unspecified atom stereocenters. The fourth-order valence-corrected chi connectivity index (χ4v) is 7.28. The van der Waals surface area contributed by atoms with E-state index in [4.69, 9.17) is 9.05 Å². The maximum atomic E-state index is 12.9. The molecule has 57 heavy (non-hydrogen) atoms. The van der Waals surface area contributed by atoms with Gasteiger partial charge in [-0.2, -0.15) is 0 Å². The number of carbonyl (C=O) groups is 1. The number of allylic oxidation sites excluding steroid dienone is 7. The second-order valence-corrected chi connectivity index (χ2v) is 18.5. The number of quaternary nitrogens is 1. The number of phosphoric acid groups is 1. The molecule has 0 spiro atoms. The molecule has 0 aromatic rings. The Morgan fingerprint density at radius 3 is 1.49 bits per heavy atom. The van der Waals surface area contributed by atoms with Crippen molar-refractivity contribution in [1.29, 1.82) is 0 Å². The number of aliphatic hydroxyl groups excluding tert-OH is 1. The number of rotatable bonds is 42. The lowest BCUT2D eigenvalue weighted by Gasteiger charge is -2.25. The summed E-state index contributed by atoms with van der Waals surface area (Å²) in [5.41, 5.74) is 0. The van der Waals surface area contributed by atoms with Crippen LogP contribution in [0.4, 0.5) is 0 Å². The smallest absolute Gasteiger partial charge is 0.387 e. The number of phosphoric ester groups is 1. The predicted octanol–water partition coefficient (Wildman–Crippen LogP) is 13.2. The van der Waals surface area contributed by atoms with Crippen LogP contribution in [0.5, 0.6) is 0 Å². The van der Waals surface area contributed by atoms with E-state index in [1.54, 1.807) is 6.08 Å².